The van der Waals surface area contributed by atoms with Crippen molar-refractivity contribution in [2.75, 3.05) is 4.90 Å². The van der Waals surface area contributed by atoms with Crippen molar-refractivity contribution < 1.29 is 0 Å². The Morgan fingerprint density at radius 2 is 0.836 bits per heavy atom. The van der Waals surface area contributed by atoms with Gasteiger partial charge in [-0.3, -0.25) is 0 Å². The molecule has 1 aromatic heterocycles. The van der Waals surface area contributed by atoms with Gasteiger partial charge < -0.3 is 9.47 Å². The van der Waals surface area contributed by atoms with Gasteiger partial charge in [0.25, 0.3) is 0 Å². The lowest BCUT2D eigenvalue weighted by Crippen LogP contribution is -2.26. The Kier molecular flexibility index (Phi) is 8.41. The Balaban J connectivity index is 1.02. The molecule has 73 heavy (non-hydrogen) atoms. The minimum Gasteiger partial charge on any atom is -0.310 e. The number of hydrogen-bond donors (Lipinski definition) is 0. The molecule has 0 bridgehead atoms. The zero-order valence-electron chi connectivity index (χ0n) is 39.8. The number of nitrogens with zero attached hydrogens (tertiary/aromatic N) is 2. The molecule has 0 radical (unpaired) electrons. The predicted molar refractivity (Wildman–Crippen MR) is 307 cm³/mol. The summed E-state index contributed by atoms with van der Waals surface area (Å²) in [4.78, 5) is 2.51. The SMILES string of the molecule is c1ccc(-c2cc3ccccc3c3c2c2ccc(N(c4ccccc4)c4cccc5c4-c4ccccc4C54c5ccccc5-c5ccccc54)cc2n3-c2ccc3c4ccccc4c4ccccc4c3c2)cc1. The van der Waals surface area contributed by atoms with Gasteiger partial charge in [-0.2, -0.15) is 0 Å². The second-order valence-corrected chi connectivity index (χ2v) is 19.9. The molecule has 0 saturated heterocycles. The van der Waals surface area contributed by atoms with Crippen molar-refractivity contribution >= 4 is 82.0 Å². The summed E-state index contributed by atoms with van der Waals surface area (Å²) in [5.74, 6) is 0. The number of hydrogen-bond acceptors (Lipinski definition) is 1. The first kappa shape index (κ1) is 40.3. The second kappa shape index (κ2) is 15.3. The van der Waals surface area contributed by atoms with Crippen molar-refractivity contribution in [1.29, 1.82) is 0 Å². The average molecular weight is 925 g/mol. The van der Waals surface area contributed by atoms with Gasteiger partial charge in [0, 0.05) is 38.8 Å². The van der Waals surface area contributed by atoms with Crippen LogP contribution in [-0.4, -0.2) is 4.57 Å². The standard InChI is InChI=1S/C71H44N2/c1-3-20-45(21-4-1)60-42-46-22-7-8-25-50(46)70-68(60)59-41-39-49(44-67(59)73(70)48-38-40-55-53-28-10-9-26-51(53)52-27-11-12-29-54(52)61(55)43-48)72(47-23-5-2-6-24-47)66-37-19-36-65-69(66)58-32-15-18-35-64(58)71(65)62-33-16-13-30-56(62)57-31-14-17-34-63(57)71/h1-44H. The highest BCUT2D eigenvalue weighted by Gasteiger charge is 2.52. The molecule has 2 nitrogen and oxygen atoms in total. The quantitative estimate of drug-likeness (QED) is 0.156. The number of rotatable bonds is 5. The molecule has 2 heteroatoms. The molecule has 14 aromatic rings. The predicted octanol–water partition coefficient (Wildman–Crippen LogP) is 18.9. The van der Waals surface area contributed by atoms with Gasteiger partial charge in [-0.25, -0.2) is 0 Å². The Hall–Kier alpha value is -9.50. The number of benzene rings is 13. The topological polar surface area (TPSA) is 8.17 Å². The van der Waals surface area contributed by atoms with E-state index in [1.54, 1.807) is 0 Å². The molecule has 1 heterocycles. The average Bonchev–Trinajstić information content (AvgIpc) is 4.09. The van der Waals surface area contributed by atoms with Crippen LogP contribution in [0.4, 0.5) is 17.1 Å². The van der Waals surface area contributed by atoms with E-state index in [0.29, 0.717) is 0 Å². The van der Waals surface area contributed by atoms with Crippen molar-refractivity contribution in [2.24, 2.45) is 0 Å². The monoisotopic (exact) mass is 924 g/mol. The Bertz CT molecular complexity index is 4540. The van der Waals surface area contributed by atoms with E-state index in [9.17, 15) is 0 Å². The Morgan fingerprint density at radius 3 is 1.52 bits per heavy atom. The lowest BCUT2D eigenvalue weighted by molar-refractivity contribution is 0.794. The van der Waals surface area contributed by atoms with Crippen LogP contribution in [0.5, 0.6) is 0 Å². The third-order valence-corrected chi connectivity index (χ3v) is 16.3. The molecule has 2 aliphatic rings. The van der Waals surface area contributed by atoms with Gasteiger partial charge in [-0.1, -0.05) is 218 Å². The molecule has 0 saturated carbocycles. The summed E-state index contributed by atoms with van der Waals surface area (Å²) in [5, 5.41) is 12.5. The van der Waals surface area contributed by atoms with E-state index in [1.807, 2.05) is 0 Å². The van der Waals surface area contributed by atoms with E-state index in [1.165, 1.54) is 115 Å². The van der Waals surface area contributed by atoms with Crippen LogP contribution in [0.15, 0.2) is 267 Å². The molecular formula is C71H44N2. The minimum atomic E-state index is -0.464. The van der Waals surface area contributed by atoms with E-state index < -0.39 is 5.41 Å². The lowest BCUT2D eigenvalue weighted by Gasteiger charge is -2.31. The number of para-hydroxylation sites is 1. The Labute approximate surface area is 422 Å². The van der Waals surface area contributed by atoms with E-state index in [-0.39, 0.29) is 0 Å². The van der Waals surface area contributed by atoms with Gasteiger partial charge in [-0.05, 0) is 136 Å². The fourth-order valence-corrected chi connectivity index (χ4v) is 13.5. The molecule has 0 N–H and O–H groups in total. The third-order valence-electron chi connectivity index (χ3n) is 16.3. The van der Waals surface area contributed by atoms with Gasteiger partial charge in [-0.15, -0.1) is 0 Å². The largest absolute Gasteiger partial charge is 0.310 e. The maximum atomic E-state index is 2.57. The Morgan fingerprint density at radius 1 is 0.315 bits per heavy atom. The van der Waals surface area contributed by atoms with Crippen molar-refractivity contribution in [2.45, 2.75) is 5.41 Å². The van der Waals surface area contributed by atoms with Crippen molar-refractivity contribution in [3.8, 4) is 39.1 Å². The molecule has 13 aromatic carbocycles. The molecule has 0 atom stereocenters. The molecular weight excluding hydrogens is 881 g/mol. The summed E-state index contributed by atoms with van der Waals surface area (Å²) in [6.07, 6.45) is 0. The zero-order chi connectivity index (χ0) is 47.8. The first-order valence-corrected chi connectivity index (χ1v) is 25.4. The minimum absolute atomic E-state index is 0.464. The lowest BCUT2D eigenvalue weighted by atomic mass is 9.70. The van der Waals surface area contributed by atoms with Crippen LogP contribution in [-0.2, 0) is 5.41 Å². The maximum absolute atomic E-state index is 2.57. The summed E-state index contributed by atoms with van der Waals surface area (Å²) in [6.45, 7) is 0. The van der Waals surface area contributed by atoms with Crippen LogP contribution in [0.2, 0.25) is 0 Å². The van der Waals surface area contributed by atoms with Gasteiger partial charge in [0.05, 0.1) is 22.1 Å². The van der Waals surface area contributed by atoms with Crippen LogP contribution in [0.1, 0.15) is 22.3 Å². The molecule has 2 aliphatic carbocycles. The van der Waals surface area contributed by atoms with Gasteiger partial charge in [0.2, 0.25) is 0 Å². The van der Waals surface area contributed by atoms with Crippen LogP contribution in [0.25, 0.3) is 104 Å². The molecule has 0 unspecified atom stereocenters. The summed E-state index contributed by atoms with van der Waals surface area (Å²) >= 11 is 0. The third kappa shape index (κ3) is 5.47. The molecule has 338 valence electrons. The maximum Gasteiger partial charge on any atom is 0.0726 e. The molecule has 0 fully saturated rings. The molecule has 1 spiro atoms. The summed E-state index contributed by atoms with van der Waals surface area (Å²) < 4.78 is 2.57. The molecule has 16 rings (SSSR count). The van der Waals surface area contributed by atoms with Crippen molar-refractivity contribution in [1.82, 2.24) is 4.57 Å². The fourth-order valence-electron chi connectivity index (χ4n) is 13.5. The first-order valence-electron chi connectivity index (χ1n) is 25.4. The number of fused-ring (bicyclic) bond motifs is 21. The number of aromatic nitrogens is 1. The normalized spacial score (nSPS) is 13.0. The van der Waals surface area contributed by atoms with Crippen LogP contribution < -0.4 is 4.90 Å². The highest BCUT2D eigenvalue weighted by atomic mass is 15.1. The van der Waals surface area contributed by atoms with Crippen LogP contribution in [0, 0.1) is 0 Å². The zero-order valence-corrected chi connectivity index (χ0v) is 39.8. The van der Waals surface area contributed by atoms with E-state index >= 15 is 0 Å². The fraction of sp³-hybridized carbons (Fsp3) is 0.0141. The smallest absolute Gasteiger partial charge is 0.0726 e. The first-order chi connectivity index (χ1) is 36.3. The van der Waals surface area contributed by atoms with Gasteiger partial charge in [0.15, 0.2) is 0 Å². The molecule has 0 aliphatic heterocycles. The van der Waals surface area contributed by atoms with E-state index in [0.717, 1.165) is 28.3 Å². The van der Waals surface area contributed by atoms with Crippen molar-refractivity contribution in [3.05, 3.63) is 289 Å². The van der Waals surface area contributed by atoms with E-state index in [2.05, 4.69) is 276 Å². The van der Waals surface area contributed by atoms with Crippen molar-refractivity contribution in [3.63, 3.8) is 0 Å². The highest BCUT2D eigenvalue weighted by Crippen LogP contribution is 2.64. The highest BCUT2D eigenvalue weighted by molar-refractivity contribution is 6.27. The van der Waals surface area contributed by atoms with Crippen LogP contribution >= 0.6 is 0 Å². The number of anilines is 3. The summed E-state index contributed by atoms with van der Waals surface area (Å²) in [5.41, 5.74) is 19.3. The van der Waals surface area contributed by atoms with Gasteiger partial charge >= 0.3 is 0 Å². The van der Waals surface area contributed by atoms with Gasteiger partial charge in [0.1, 0.15) is 0 Å². The molecule has 0 amide bonds. The van der Waals surface area contributed by atoms with Crippen LogP contribution in [0.3, 0.4) is 0 Å². The van der Waals surface area contributed by atoms with E-state index in [4.69, 9.17) is 0 Å². The summed E-state index contributed by atoms with van der Waals surface area (Å²) in [7, 11) is 0. The summed E-state index contributed by atoms with van der Waals surface area (Å²) in [6, 6.07) is 99.8. The second-order valence-electron chi connectivity index (χ2n) is 19.9.